The molecule has 7 heteroatoms. The van der Waals surface area contributed by atoms with E-state index in [0.29, 0.717) is 10.8 Å². The highest BCUT2D eigenvalue weighted by Gasteiger charge is 2.16. The number of carbonyl (C=O) groups is 2. The zero-order valence-electron chi connectivity index (χ0n) is 13.1. The molecule has 2 N–H and O–H groups in total. The minimum atomic E-state index is -0.986. The van der Waals surface area contributed by atoms with Crippen LogP contribution in [0.2, 0.25) is 0 Å². The molecule has 2 aromatic rings. The summed E-state index contributed by atoms with van der Waals surface area (Å²) in [5.41, 5.74) is 1.66. The van der Waals surface area contributed by atoms with Crippen molar-refractivity contribution in [2.45, 2.75) is 20.3 Å². The lowest BCUT2D eigenvalue weighted by Gasteiger charge is -2.21. The number of hydrogen-bond acceptors (Lipinski definition) is 5. The number of thiazole rings is 1. The number of benzene rings is 1. The molecule has 0 spiro atoms. The van der Waals surface area contributed by atoms with Crippen LogP contribution in [0.5, 0.6) is 0 Å². The molecule has 0 saturated heterocycles. The number of nitrogens with zero attached hydrogens (tertiary/aromatic N) is 2. The molecule has 122 valence electrons. The number of carboxylic acid groups (broad SMARTS) is 1. The Hall–Kier alpha value is -2.41. The van der Waals surface area contributed by atoms with Crippen LogP contribution in [0.15, 0.2) is 30.3 Å². The first kappa shape index (κ1) is 17.0. The molecular weight excluding hydrogens is 314 g/mol. The van der Waals surface area contributed by atoms with E-state index in [1.54, 1.807) is 24.3 Å². The molecule has 6 nitrogen and oxygen atoms in total. The molecular formula is C16H19N3O3S. The molecule has 1 aromatic heterocycles. The second-order valence-corrected chi connectivity index (χ2v) is 6.21. The number of rotatable bonds is 7. The number of aryl methyl sites for hydroxylation is 2. The molecule has 0 aliphatic carbocycles. The highest BCUT2D eigenvalue weighted by atomic mass is 32.1. The van der Waals surface area contributed by atoms with Gasteiger partial charge in [-0.1, -0.05) is 25.1 Å². The molecule has 1 amide bonds. The molecule has 1 heterocycles. The van der Waals surface area contributed by atoms with Gasteiger partial charge in [0.1, 0.15) is 6.54 Å². The Bertz CT molecular complexity index is 685. The number of aromatic nitrogens is 1. The van der Waals surface area contributed by atoms with Gasteiger partial charge in [-0.05, 0) is 25.5 Å². The molecule has 2 rings (SSSR count). The van der Waals surface area contributed by atoms with Gasteiger partial charge in [0.2, 0.25) is 5.91 Å². The summed E-state index contributed by atoms with van der Waals surface area (Å²) in [7, 11) is 0. The fraction of sp³-hybridized carbons (Fsp3) is 0.312. The van der Waals surface area contributed by atoms with E-state index in [1.807, 2.05) is 19.9 Å². The lowest BCUT2D eigenvalue weighted by molar-refractivity contribution is -0.135. The normalized spacial score (nSPS) is 10.3. The molecule has 0 saturated carbocycles. The first-order chi connectivity index (χ1) is 11.0. The summed E-state index contributed by atoms with van der Waals surface area (Å²) in [4.78, 5) is 30.2. The second kappa shape index (κ2) is 7.73. The predicted molar refractivity (Wildman–Crippen MR) is 91.1 cm³/mol. The number of carbonyl (C=O) groups excluding carboxylic acids is 1. The third kappa shape index (κ3) is 4.79. The van der Waals surface area contributed by atoms with E-state index in [9.17, 15) is 9.59 Å². The third-order valence-electron chi connectivity index (χ3n) is 3.26. The quantitative estimate of drug-likeness (QED) is 0.814. The van der Waals surface area contributed by atoms with Crippen molar-refractivity contribution in [2.75, 3.05) is 23.3 Å². The minimum absolute atomic E-state index is 0.0452. The summed E-state index contributed by atoms with van der Waals surface area (Å²) >= 11 is 1.43. The average molecular weight is 333 g/mol. The van der Waals surface area contributed by atoms with Crippen LogP contribution >= 0.6 is 11.3 Å². The number of para-hydroxylation sites is 1. The maximum Gasteiger partial charge on any atom is 0.323 e. The predicted octanol–water partition coefficient (Wildman–Crippen LogP) is 2.54. The van der Waals surface area contributed by atoms with E-state index >= 15 is 0 Å². The Balaban J connectivity index is 2.06. The molecule has 0 atom stereocenters. The summed E-state index contributed by atoms with van der Waals surface area (Å²) < 4.78 is 0. The van der Waals surface area contributed by atoms with Crippen LogP contribution in [-0.2, 0) is 16.0 Å². The van der Waals surface area contributed by atoms with Crippen molar-refractivity contribution >= 4 is 34.0 Å². The fourth-order valence-electron chi connectivity index (χ4n) is 2.18. The largest absolute Gasteiger partial charge is 0.480 e. The van der Waals surface area contributed by atoms with E-state index in [4.69, 9.17) is 5.11 Å². The average Bonchev–Trinajstić information content (AvgIpc) is 2.86. The Morgan fingerprint density at radius 1 is 1.26 bits per heavy atom. The number of hydrogen-bond donors (Lipinski definition) is 2. The van der Waals surface area contributed by atoms with Crippen molar-refractivity contribution in [1.29, 1.82) is 0 Å². The van der Waals surface area contributed by atoms with E-state index in [0.717, 1.165) is 17.0 Å². The lowest BCUT2D eigenvalue weighted by Crippen LogP contribution is -2.37. The Labute approximate surface area is 138 Å². The van der Waals surface area contributed by atoms with E-state index in [-0.39, 0.29) is 19.0 Å². The van der Waals surface area contributed by atoms with Gasteiger partial charge in [-0.3, -0.25) is 9.59 Å². The lowest BCUT2D eigenvalue weighted by atomic mass is 10.3. The van der Waals surface area contributed by atoms with Crippen molar-refractivity contribution in [3.8, 4) is 0 Å². The fourth-order valence-corrected chi connectivity index (χ4v) is 3.10. The van der Waals surface area contributed by atoms with Gasteiger partial charge in [0.15, 0.2) is 5.13 Å². The number of nitrogens with one attached hydrogen (secondary N) is 1. The van der Waals surface area contributed by atoms with Crippen LogP contribution in [0.1, 0.15) is 17.5 Å². The Morgan fingerprint density at radius 2 is 1.96 bits per heavy atom. The number of aliphatic carboxylic acids is 1. The van der Waals surface area contributed by atoms with E-state index in [1.165, 1.54) is 16.2 Å². The Morgan fingerprint density at radius 3 is 2.52 bits per heavy atom. The van der Waals surface area contributed by atoms with Crippen LogP contribution in [0.25, 0.3) is 0 Å². The van der Waals surface area contributed by atoms with Gasteiger partial charge < -0.3 is 15.3 Å². The van der Waals surface area contributed by atoms with Gasteiger partial charge in [-0.15, -0.1) is 11.3 Å². The highest BCUT2D eigenvalue weighted by molar-refractivity contribution is 7.15. The van der Waals surface area contributed by atoms with Gasteiger partial charge >= 0.3 is 5.97 Å². The summed E-state index contributed by atoms with van der Waals surface area (Å²) in [6.07, 6.45) is 0.813. The van der Waals surface area contributed by atoms with E-state index in [2.05, 4.69) is 10.3 Å². The first-order valence-electron chi connectivity index (χ1n) is 7.27. The first-order valence-corrected chi connectivity index (χ1v) is 8.09. The molecule has 0 bridgehead atoms. The van der Waals surface area contributed by atoms with Crippen molar-refractivity contribution in [3.63, 3.8) is 0 Å². The second-order valence-electron chi connectivity index (χ2n) is 5.01. The summed E-state index contributed by atoms with van der Waals surface area (Å²) in [5.74, 6) is -1.27. The van der Waals surface area contributed by atoms with Crippen LogP contribution < -0.4 is 10.2 Å². The molecule has 0 aliphatic heterocycles. The van der Waals surface area contributed by atoms with Crippen LogP contribution in [0, 0.1) is 6.92 Å². The van der Waals surface area contributed by atoms with Gasteiger partial charge in [-0.2, -0.15) is 0 Å². The number of carboxylic acids is 1. The van der Waals surface area contributed by atoms with Crippen LogP contribution in [0.3, 0.4) is 0 Å². The Kier molecular flexibility index (Phi) is 5.70. The van der Waals surface area contributed by atoms with Crippen molar-refractivity contribution in [3.05, 3.63) is 40.9 Å². The summed E-state index contributed by atoms with van der Waals surface area (Å²) in [5, 5.41) is 12.3. The van der Waals surface area contributed by atoms with Crippen LogP contribution in [-0.4, -0.2) is 35.1 Å². The zero-order valence-corrected chi connectivity index (χ0v) is 13.9. The van der Waals surface area contributed by atoms with Gasteiger partial charge in [-0.25, -0.2) is 4.98 Å². The molecule has 0 unspecified atom stereocenters. The maximum atomic E-state index is 12.2. The monoisotopic (exact) mass is 333 g/mol. The summed E-state index contributed by atoms with van der Waals surface area (Å²) in [6, 6.07) is 9.00. The van der Waals surface area contributed by atoms with Crippen molar-refractivity contribution in [1.82, 2.24) is 4.98 Å². The van der Waals surface area contributed by atoms with Crippen molar-refractivity contribution in [2.24, 2.45) is 0 Å². The SMILES string of the molecule is CCc1nc(NC(=O)CN(CC(=O)O)c2ccccc2)sc1C. The van der Waals surface area contributed by atoms with Gasteiger partial charge in [0.25, 0.3) is 0 Å². The summed E-state index contributed by atoms with van der Waals surface area (Å²) in [6.45, 7) is 3.69. The molecule has 23 heavy (non-hydrogen) atoms. The van der Waals surface area contributed by atoms with E-state index < -0.39 is 5.97 Å². The minimum Gasteiger partial charge on any atom is -0.480 e. The smallest absolute Gasteiger partial charge is 0.323 e. The van der Waals surface area contributed by atoms with Gasteiger partial charge in [0.05, 0.1) is 12.2 Å². The molecule has 0 fully saturated rings. The standard InChI is InChI=1S/C16H19N3O3S/c1-3-13-11(2)23-16(17-13)18-14(20)9-19(10-15(21)22)12-7-5-4-6-8-12/h4-8H,3,9-10H2,1-2H3,(H,21,22)(H,17,18,20). The van der Waals surface area contributed by atoms with Crippen molar-refractivity contribution < 1.29 is 14.7 Å². The van der Waals surface area contributed by atoms with Crippen LogP contribution in [0.4, 0.5) is 10.8 Å². The number of amides is 1. The highest BCUT2D eigenvalue weighted by Crippen LogP contribution is 2.22. The molecule has 0 aliphatic rings. The number of anilines is 2. The maximum absolute atomic E-state index is 12.2. The zero-order chi connectivity index (χ0) is 16.8. The topological polar surface area (TPSA) is 82.5 Å². The molecule has 1 aromatic carbocycles. The van der Waals surface area contributed by atoms with Gasteiger partial charge in [0, 0.05) is 10.6 Å². The third-order valence-corrected chi connectivity index (χ3v) is 4.18. The molecule has 0 radical (unpaired) electrons.